The monoisotopic (exact) mass is 789 g/mol. The molecule has 3 nitrogen and oxygen atoms in total. The minimum Gasteiger partial charge on any atom is -0.309 e. The van der Waals surface area contributed by atoms with Gasteiger partial charge in [0.2, 0.25) is 0 Å². The maximum atomic E-state index is 5.22. The average molecular weight is 790 g/mol. The summed E-state index contributed by atoms with van der Waals surface area (Å²) in [4.78, 5) is 10.3. The van der Waals surface area contributed by atoms with Crippen LogP contribution in [-0.2, 0) is 5.41 Å². The molecule has 0 unspecified atom stereocenters. The largest absolute Gasteiger partial charge is 0.309 e. The lowest BCUT2D eigenvalue weighted by atomic mass is 9.67. The van der Waals surface area contributed by atoms with Crippen LogP contribution < -0.4 is 0 Å². The van der Waals surface area contributed by atoms with Crippen molar-refractivity contribution in [3.05, 3.63) is 259 Å². The first-order chi connectivity index (χ1) is 30.8. The highest BCUT2D eigenvalue weighted by molar-refractivity contribution is 6.12. The summed E-state index contributed by atoms with van der Waals surface area (Å²) in [6.07, 6.45) is 0. The van der Waals surface area contributed by atoms with E-state index >= 15 is 0 Å². The molecule has 2 aromatic heterocycles. The van der Waals surface area contributed by atoms with Crippen LogP contribution in [0.25, 0.3) is 83.6 Å². The molecule has 0 radical (unpaired) electrons. The van der Waals surface area contributed by atoms with Crippen molar-refractivity contribution in [2.24, 2.45) is 0 Å². The van der Waals surface area contributed by atoms with Crippen LogP contribution in [0.5, 0.6) is 0 Å². The predicted molar refractivity (Wildman–Crippen MR) is 255 cm³/mol. The highest BCUT2D eigenvalue weighted by Crippen LogP contribution is 2.58. The molecule has 3 heteroatoms. The van der Waals surface area contributed by atoms with Crippen LogP contribution >= 0.6 is 0 Å². The van der Waals surface area contributed by atoms with Crippen LogP contribution in [0.15, 0.2) is 237 Å². The Kier molecular flexibility index (Phi) is 8.39. The zero-order valence-electron chi connectivity index (χ0n) is 33.9. The Morgan fingerprint density at radius 3 is 1.47 bits per heavy atom. The van der Waals surface area contributed by atoms with Crippen molar-refractivity contribution in [2.45, 2.75) is 5.41 Å². The molecule has 1 aliphatic rings. The van der Waals surface area contributed by atoms with E-state index in [2.05, 4.69) is 217 Å². The van der Waals surface area contributed by atoms with Gasteiger partial charge in [0.1, 0.15) is 0 Å². The third-order valence-corrected chi connectivity index (χ3v) is 12.7. The molecule has 0 bridgehead atoms. The number of hydrogen-bond acceptors (Lipinski definition) is 2. The smallest absolute Gasteiger partial charge is 0.160 e. The van der Waals surface area contributed by atoms with Gasteiger partial charge in [-0.05, 0) is 87.0 Å². The first-order valence-electron chi connectivity index (χ1n) is 21.2. The van der Waals surface area contributed by atoms with Crippen LogP contribution in [0, 0.1) is 0 Å². The lowest BCUT2D eigenvalue weighted by Crippen LogP contribution is -2.28. The molecular weight excluding hydrogens is 751 g/mol. The molecule has 0 spiro atoms. The van der Waals surface area contributed by atoms with Crippen molar-refractivity contribution < 1.29 is 0 Å². The molecule has 11 aromatic rings. The minimum absolute atomic E-state index is 0.471. The second-order valence-electron chi connectivity index (χ2n) is 16.1. The Morgan fingerprint density at radius 2 is 0.823 bits per heavy atom. The van der Waals surface area contributed by atoms with Gasteiger partial charge in [0.05, 0.1) is 27.8 Å². The van der Waals surface area contributed by atoms with E-state index in [0.29, 0.717) is 5.82 Å². The molecule has 2 heterocycles. The summed E-state index contributed by atoms with van der Waals surface area (Å²) in [6, 6.07) is 85.3. The summed E-state index contributed by atoms with van der Waals surface area (Å²) in [5.74, 6) is 0.705. The van der Waals surface area contributed by atoms with Crippen molar-refractivity contribution in [3.8, 4) is 61.8 Å². The Bertz CT molecular complexity index is 3330. The number of para-hydroxylation sites is 1. The van der Waals surface area contributed by atoms with Gasteiger partial charge in [-0.1, -0.05) is 194 Å². The van der Waals surface area contributed by atoms with Crippen LogP contribution in [0.3, 0.4) is 0 Å². The molecule has 0 N–H and O–H groups in total. The second kappa shape index (κ2) is 14.5. The van der Waals surface area contributed by atoms with Crippen molar-refractivity contribution >= 4 is 21.8 Å². The average Bonchev–Trinajstić information content (AvgIpc) is 3.85. The summed E-state index contributed by atoms with van der Waals surface area (Å²) in [7, 11) is 0. The topological polar surface area (TPSA) is 30.7 Å². The van der Waals surface area contributed by atoms with Gasteiger partial charge in [-0.15, -0.1) is 0 Å². The molecular formula is C59H39N3. The number of hydrogen-bond donors (Lipinski definition) is 0. The van der Waals surface area contributed by atoms with E-state index in [0.717, 1.165) is 44.8 Å². The van der Waals surface area contributed by atoms with E-state index in [1.165, 1.54) is 55.3 Å². The molecule has 0 atom stereocenters. The van der Waals surface area contributed by atoms with E-state index in [1.807, 2.05) is 24.3 Å². The van der Waals surface area contributed by atoms with E-state index in [9.17, 15) is 0 Å². The zero-order chi connectivity index (χ0) is 41.0. The molecule has 1 aliphatic carbocycles. The Morgan fingerprint density at radius 1 is 0.339 bits per heavy atom. The molecule has 0 saturated carbocycles. The molecule has 0 amide bonds. The quantitative estimate of drug-likeness (QED) is 0.161. The number of aromatic nitrogens is 3. The van der Waals surface area contributed by atoms with E-state index in [-0.39, 0.29) is 0 Å². The molecule has 290 valence electrons. The molecule has 0 aliphatic heterocycles. The van der Waals surface area contributed by atoms with Gasteiger partial charge in [-0.3, -0.25) is 0 Å². The molecule has 0 saturated heterocycles. The molecule has 62 heavy (non-hydrogen) atoms. The fourth-order valence-corrected chi connectivity index (χ4v) is 10.0. The first kappa shape index (κ1) is 35.8. The maximum Gasteiger partial charge on any atom is 0.160 e. The standard InChI is InChI=1S/C59H39N3/c1-6-19-40(20-7-1)53-39-54(61-58(60-53)41-21-8-2-9-22-41)43-34-36-56-50(38-43)49-37-42(33-35-55(49)62(56)46-27-14-5-15-28-46)47-30-18-32-52-57(47)48-29-16-17-31-51(48)59(52,44-23-10-3-11-24-44)45-25-12-4-13-26-45/h1-39H. The summed E-state index contributed by atoms with van der Waals surface area (Å²) >= 11 is 0. The lowest BCUT2D eigenvalue weighted by Gasteiger charge is -2.34. The Balaban J connectivity index is 1.10. The van der Waals surface area contributed by atoms with Gasteiger partial charge in [0.25, 0.3) is 0 Å². The van der Waals surface area contributed by atoms with Gasteiger partial charge in [0, 0.05) is 33.2 Å². The number of rotatable bonds is 7. The fourth-order valence-electron chi connectivity index (χ4n) is 10.0. The highest BCUT2D eigenvalue weighted by atomic mass is 15.0. The SMILES string of the molecule is c1ccc(-c2cc(-c3ccc4c(c3)c3cc(-c5cccc6c5-c5ccccc5C6(c5ccccc5)c5ccccc5)ccc3n4-c3ccccc3)nc(-c3ccccc3)n2)cc1. The van der Waals surface area contributed by atoms with E-state index in [4.69, 9.17) is 9.97 Å². The maximum absolute atomic E-state index is 5.22. The Labute approximate surface area is 360 Å². The van der Waals surface area contributed by atoms with E-state index < -0.39 is 5.41 Å². The van der Waals surface area contributed by atoms with Crippen molar-refractivity contribution in [3.63, 3.8) is 0 Å². The van der Waals surface area contributed by atoms with Crippen LogP contribution in [-0.4, -0.2) is 14.5 Å². The number of benzene rings is 9. The van der Waals surface area contributed by atoms with Crippen molar-refractivity contribution in [1.82, 2.24) is 14.5 Å². The van der Waals surface area contributed by atoms with Crippen LogP contribution in [0.4, 0.5) is 0 Å². The van der Waals surface area contributed by atoms with E-state index in [1.54, 1.807) is 0 Å². The van der Waals surface area contributed by atoms with Gasteiger partial charge in [-0.2, -0.15) is 0 Å². The zero-order valence-corrected chi connectivity index (χ0v) is 33.9. The predicted octanol–water partition coefficient (Wildman–Crippen LogP) is 14.6. The Hall–Kier alpha value is -8.14. The normalized spacial score (nSPS) is 12.6. The summed E-state index contributed by atoms with van der Waals surface area (Å²) in [6.45, 7) is 0. The van der Waals surface area contributed by atoms with Gasteiger partial charge >= 0.3 is 0 Å². The summed E-state index contributed by atoms with van der Waals surface area (Å²) in [5.41, 5.74) is 17.9. The van der Waals surface area contributed by atoms with Gasteiger partial charge < -0.3 is 4.57 Å². The third kappa shape index (κ3) is 5.59. The number of fused-ring (bicyclic) bond motifs is 6. The summed E-state index contributed by atoms with van der Waals surface area (Å²) in [5, 5.41) is 2.35. The highest BCUT2D eigenvalue weighted by Gasteiger charge is 2.46. The molecule has 0 fully saturated rings. The van der Waals surface area contributed by atoms with Gasteiger partial charge in [0.15, 0.2) is 5.82 Å². The fraction of sp³-hybridized carbons (Fsp3) is 0.0169. The second-order valence-corrected chi connectivity index (χ2v) is 16.1. The van der Waals surface area contributed by atoms with Crippen molar-refractivity contribution in [2.75, 3.05) is 0 Å². The molecule has 12 rings (SSSR count). The lowest BCUT2D eigenvalue weighted by molar-refractivity contribution is 0.768. The van der Waals surface area contributed by atoms with Crippen LogP contribution in [0.2, 0.25) is 0 Å². The van der Waals surface area contributed by atoms with Gasteiger partial charge in [-0.25, -0.2) is 9.97 Å². The summed E-state index contributed by atoms with van der Waals surface area (Å²) < 4.78 is 2.39. The minimum atomic E-state index is -0.471. The third-order valence-electron chi connectivity index (χ3n) is 12.7. The molecule has 9 aromatic carbocycles. The number of nitrogens with zero attached hydrogens (tertiary/aromatic N) is 3. The van der Waals surface area contributed by atoms with Crippen LogP contribution in [0.1, 0.15) is 22.3 Å². The van der Waals surface area contributed by atoms with Crippen molar-refractivity contribution in [1.29, 1.82) is 0 Å². The first-order valence-corrected chi connectivity index (χ1v) is 21.2.